The van der Waals surface area contributed by atoms with Crippen molar-refractivity contribution in [3.63, 3.8) is 0 Å². The second-order valence-electron chi connectivity index (χ2n) is 12.0. The number of carbonyl (C=O) groups is 2. The van der Waals surface area contributed by atoms with Crippen LogP contribution >= 0.6 is 23.2 Å². The Kier molecular flexibility index (Phi) is 8.64. The third-order valence-corrected chi connectivity index (χ3v) is 8.54. The van der Waals surface area contributed by atoms with Crippen LogP contribution < -0.4 is 25.4 Å². The van der Waals surface area contributed by atoms with E-state index in [9.17, 15) is 9.59 Å². The molecule has 0 saturated carbocycles. The molecule has 0 aliphatic carbocycles. The number of nitrogens with one attached hydrogen (secondary N) is 3. The maximum Gasteiger partial charge on any atom is 0.242 e. The molecule has 4 N–H and O–H groups in total. The average molecular weight is 631 g/mol. The van der Waals surface area contributed by atoms with E-state index >= 15 is 4.39 Å². The Bertz CT molecular complexity index is 1560. The van der Waals surface area contributed by atoms with Crippen molar-refractivity contribution in [2.45, 2.75) is 50.6 Å². The Labute approximate surface area is 259 Å². The number of methoxy groups -OCH3 is 1. The van der Waals surface area contributed by atoms with Gasteiger partial charge in [-0.3, -0.25) is 9.59 Å². The summed E-state index contributed by atoms with van der Waals surface area (Å²) in [4.78, 5) is 28.5. The Morgan fingerprint density at radius 1 is 1.14 bits per heavy atom. The largest absolute Gasteiger partial charge is 0.494 e. The second kappa shape index (κ2) is 12.0. The molecule has 1 spiro atoms. The fourth-order valence-electron chi connectivity index (χ4n) is 6.39. The maximum atomic E-state index is 16.0. The first-order valence-corrected chi connectivity index (χ1v) is 14.7. The van der Waals surface area contributed by atoms with Crippen LogP contribution in [0.4, 0.5) is 15.8 Å². The number of carbonyl (C=O) groups excluding carboxylic acids is 2. The Morgan fingerprint density at radius 2 is 1.91 bits per heavy atom. The molecule has 1 fully saturated rings. The molecule has 2 aliphatic heterocycles. The highest BCUT2D eigenvalue weighted by atomic mass is 35.5. The summed E-state index contributed by atoms with van der Waals surface area (Å²) in [6.45, 7) is 6.08. The number of halogens is 3. The average Bonchev–Trinajstić information content (AvgIpc) is 3.42. The highest BCUT2D eigenvalue weighted by Gasteiger charge is 2.66. The van der Waals surface area contributed by atoms with Crippen molar-refractivity contribution in [1.29, 1.82) is 0 Å². The Hall–Kier alpha value is -3.37. The molecule has 2 amide bonds. The summed E-state index contributed by atoms with van der Waals surface area (Å²) in [6, 6.07) is 13.0. The van der Waals surface area contributed by atoms with Gasteiger partial charge in [0.05, 0.1) is 30.5 Å². The predicted molar refractivity (Wildman–Crippen MR) is 165 cm³/mol. The minimum absolute atomic E-state index is 0.0970. The van der Waals surface area contributed by atoms with E-state index in [0.717, 1.165) is 0 Å². The van der Waals surface area contributed by atoms with Gasteiger partial charge < -0.3 is 30.5 Å². The molecule has 8 nitrogen and oxygen atoms in total. The van der Waals surface area contributed by atoms with E-state index in [1.807, 2.05) is 20.8 Å². The third kappa shape index (κ3) is 5.67. The molecule has 3 aromatic carbocycles. The number of hydrogen-bond donors (Lipinski definition) is 4. The van der Waals surface area contributed by atoms with E-state index in [0.29, 0.717) is 39.9 Å². The van der Waals surface area contributed by atoms with Gasteiger partial charge in [0.1, 0.15) is 29.3 Å². The van der Waals surface area contributed by atoms with Crippen LogP contribution in [0.25, 0.3) is 0 Å². The molecule has 2 aliphatic rings. The van der Waals surface area contributed by atoms with Gasteiger partial charge in [-0.15, -0.1) is 0 Å². The van der Waals surface area contributed by atoms with E-state index in [2.05, 4.69) is 16.0 Å². The predicted octanol–water partition coefficient (Wildman–Crippen LogP) is 5.90. The second-order valence-corrected chi connectivity index (χ2v) is 12.9. The molecule has 2 heterocycles. The Morgan fingerprint density at radius 3 is 2.60 bits per heavy atom. The zero-order valence-electron chi connectivity index (χ0n) is 24.3. The summed E-state index contributed by atoms with van der Waals surface area (Å²) in [5.74, 6) is -1.75. The Balaban J connectivity index is 1.66. The smallest absolute Gasteiger partial charge is 0.242 e. The van der Waals surface area contributed by atoms with E-state index in [-0.39, 0.29) is 35.1 Å². The van der Waals surface area contributed by atoms with Gasteiger partial charge in [-0.25, -0.2) is 4.39 Å². The van der Waals surface area contributed by atoms with Crippen molar-refractivity contribution in [2.75, 3.05) is 31.0 Å². The van der Waals surface area contributed by atoms with Gasteiger partial charge in [0.25, 0.3) is 0 Å². The first kappa shape index (κ1) is 31.1. The number of aliphatic hydroxyl groups excluding tert-OH is 1. The van der Waals surface area contributed by atoms with E-state index < -0.39 is 35.1 Å². The number of hydrogen-bond acceptors (Lipinski definition) is 6. The lowest BCUT2D eigenvalue weighted by atomic mass is 9.62. The number of benzene rings is 3. The normalized spacial score (nSPS) is 22.8. The zero-order chi connectivity index (χ0) is 31.1. The van der Waals surface area contributed by atoms with Crippen LogP contribution in [0.1, 0.15) is 44.2 Å². The lowest BCUT2D eigenvalue weighted by molar-refractivity contribution is -0.122. The van der Waals surface area contributed by atoms with Gasteiger partial charge in [-0.2, -0.15) is 0 Å². The zero-order valence-corrected chi connectivity index (χ0v) is 25.8. The molecule has 4 atom stereocenters. The van der Waals surface area contributed by atoms with Gasteiger partial charge >= 0.3 is 0 Å². The van der Waals surface area contributed by atoms with Crippen LogP contribution in [-0.2, 0) is 15.0 Å². The lowest BCUT2D eigenvalue weighted by Gasteiger charge is -2.37. The van der Waals surface area contributed by atoms with Crippen molar-refractivity contribution in [2.24, 2.45) is 5.41 Å². The molecule has 3 aromatic rings. The number of ether oxygens (including phenoxy) is 2. The SMILES string of the molecule is COc1cc(OCCO)ccc1NC(=O)[C@@H]1NC(CC(C)(C)C)[C@@]2(C(=O)Nc3cc(Cl)ccc32)[C@H]1c1cccc(Cl)c1F. The summed E-state index contributed by atoms with van der Waals surface area (Å²) < 4.78 is 26.9. The van der Waals surface area contributed by atoms with Gasteiger partial charge in [0.2, 0.25) is 11.8 Å². The molecule has 11 heteroatoms. The van der Waals surface area contributed by atoms with Crippen LogP contribution in [-0.4, -0.2) is 49.3 Å². The third-order valence-electron chi connectivity index (χ3n) is 8.01. The van der Waals surface area contributed by atoms with E-state index in [1.54, 1.807) is 48.5 Å². The summed E-state index contributed by atoms with van der Waals surface area (Å²) in [5, 5.41) is 18.8. The molecule has 0 radical (unpaired) electrons. The van der Waals surface area contributed by atoms with Crippen LogP contribution in [0.5, 0.6) is 11.5 Å². The minimum Gasteiger partial charge on any atom is -0.494 e. The summed E-state index contributed by atoms with van der Waals surface area (Å²) in [5.41, 5.74) is 0.0169. The molecule has 0 bridgehead atoms. The lowest BCUT2D eigenvalue weighted by Crippen LogP contribution is -2.49. The monoisotopic (exact) mass is 629 g/mol. The van der Waals surface area contributed by atoms with Gasteiger partial charge in [0.15, 0.2) is 0 Å². The van der Waals surface area contributed by atoms with Crippen LogP contribution in [0.15, 0.2) is 54.6 Å². The maximum absolute atomic E-state index is 16.0. The first-order chi connectivity index (χ1) is 20.4. The summed E-state index contributed by atoms with van der Waals surface area (Å²) >= 11 is 12.6. The minimum atomic E-state index is -1.37. The molecular formula is C32H34Cl2FN3O5. The number of anilines is 2. The number of aliphatic hydroxyl groups is 1. The van der Waals surface area contributed by atoms with Crippen LogP contribution in [0, 0.1) is 11.2 Å². The van der Waals surface area contributed by atoms with E-state index in [4.69, 9.17) is 37.8 Å². The standard InChI is InChI=1S/C32H34Cl2FN3O5/c1-31(2,3)16-25-32(20-10-8-17(33)14-23(20)37-30(32)41)26(19-6-5-7-21(34)27(19)35)28(38-25)29(40)36-22-11-9-18(43-13-12-39)15-24(22)42-4/h5-11,14-15,25-26,28,38-39H,12-13,16H2,1-4H3,(H,36,40)(H,37,41)/t25?,26-,28+,32+/m0/s1. The quantitative estimate of drug-likeness (QED) is 0.247. The van der Waals surface area contributed by atoms with Gasteiger partial charge in [-0.05, 0) is 53.3 Å². The summed E-state index contributed by atoms with van der Waals surface area (Å²) in [7, 11) is 1.46. The molecular weight excluding hydrogens is 596 g/mol. The topological polar surface area (TPSA) is 109 Å². The molecule has 0 aromatic heterocycles. The summed E-state index contributed by atoms with van der Waals surface area (Å²) in [6.07, 6.45) is 0.491. The molecule has 1 saturated heterocycles. The van der Waals surface area contributed by atoms with Crippen molar-refractivity contribution in [1.82, 2.24) is 5.32 Å². The van der Waals surface area contributed by atoms with Crippen LogP contribution in [0.3, 0.4) is 0 Å². The van der Waals surface area contributed by atoms with E-state index in [1.165, 1.54) is 13.2 Å². The van der Waals surface area contributed by atoms with Crippen molar-refractivity contribution >= 4 is 46.4 Å². The highest BCUT2D eigenvalue weighted by molar-refractivity contribution is 6.31. The fourth-order valence-corrected chi connectivity index (χ4v) is 6.74. The fraction of sp³-hybridized carbons (Fsp3) is 0.375. The van der Waals surface area contributed by atoms with Crippen LogP contribution in [0.2, 0.25) is 10.0 Å². The molecule has 228 valence electrons. The van der Waals surface area contributed by atoms with Gasteiger partial charge in [0, 0.05) is 28.7 Å². The van der Waals surface area contributed by atoms with Crippen molar-refractivity contribution in [3.05, 3.63) is 81.6 Å². The van der Waals surface area contributed by atoms with Crippen molar-refractivity contribution in [3.8, 4) is 11.5 Å². The molecule has 1 unspecified atom stereocenters. The number of rotatable bonds is 8. The number of fused-ring (bicyclic) bond motifs is 2. The highest BCUT2D eigenvalue weighted by Crippen LogP contribution is 2.57. The van der Waals surface area contributed by atoms with Crippen molar-refractivity contribution < 1.29 is 28.6 Å². The number of amides is 2. The first-order valence-electron chi connectivity index (χ1n) is 13.9. The van der Waals surface area contributed by atoms with Gasteiger partial charge in [-0.1, -0.05) is 62.2 Å². The molecule has 43 heavy (non-hydrogen) atoms. The molecule has 5 rings (SSSR count).